The van der Waals surface area contributed by atoms with Gasteiger partial charge in [0.1, 0.15) is 0 Å². The van der Waals surface area contributed by atoms with Crippen molar-refractivity contribution < 1.29 is 9.59 Å². The van der Waals surface area contributed by atoms with Crippen LogP contribution >= 0.6 is 0 Å². The average Bonchev–Trinajstić information content (AvgIpc) is 2.95. The van der Waals surface area contributed by atoms with Crippen molar-refractivity contribution in [1.82, 2.24) is 5.32 Å². The van der Waals surface area contributed by atoms with Crippen molar-refractivity contribution in [2.45, 2.75) is 87.0 Å². The minimum absolute atomic E-state index is 0.262. The Balaban J connectivity index is 0.000000703. The van der Waals surface area contributed by atoms with Gasteiger partial charge in [-0.3, -0.25) is 9.59 Å². The molecule has 1 amide bonds. The van der Waals surface area contributed by atoms with E-state index in [9.17, 15) is 9.59 Å². The van der Waals surface area contributed by atoms with E-state index in [1.165, 1.54) is 35.1 Å². The number of rotatable bonds is 16. The van der Waals surface area contributed by atoms with E-state index in [0.29, 0.717) is 30.7 Å². The van der Waals surface area contributed by atoms with Crippen LogP contribution in [0.4, 0.5) is 0 Å². The van der Waals surface area contributed by atoms with Gasteiger partial charge in [-0.2, -0.15) is 0 Å². The molecule has 0 bridgehead atoms. The van der Waals surface area contributed by atoms with Crippen LogP contribution in [0.3, 0.4) is 0 Å². The largest absolute Gasteiger partial charge is 0.385 e. The molecule has 3 atom stereocenters. The SMILES string of the molecule is C=C(NC[C@@H](CC)CC(C(=C)C)C(C)C)c1cccc(C)c1.CCCCC(CCN)C(=O)C(N)=O.Cc1ccccc1. The molecule has 42 heavy (non-hydrogen) atoms. The Hall–Kier alpha value is -3.18. The van der Waals surface area contributed by atoms with Gasteiger partial charge in [0.15, 0.2) is 0 Å². The molecule has 0 aliphatic carbocycles. The normalized spacial score (nSPS) is 12.5. The summed E-state index contributed by atoms with van der Waals surface area (Å²) in [6, 6.07) is 18.8. The van der Waals surface area contributed by atoms with E-state index in [0.717, 1.165) is 31.5 Å². The highest BCUT2D eigenvalue weighted by Crippen LogP contribution is 2.28. The molecule has 2 aromatic carbocycles. The van der Waals surface area contributed by atoms with Gasteiger partial charge in [0.2, 0.25) is 5.78 Å². The molecule has 0 saturated heterocycles. The third-order valence-electron chi connectivity index (χ3n) is 7.55. The fraction of sp³-hybridized carbons (Fsp3) is 0.514. The third kappa shape index (κ3) is 16.9. The molecule has 0 aromatic heterocycles. The van der Waals surface area contributed by atoms with E-state index in [-0.39, 0.29) is 5.92 Å². The highest BCUT2D eigenvalue weighted by molar-refractivity contribution is 6.36. The summed E-state index contributed by atoms with van der Waals surface area (Å²) in [5.41, 5.74) is 16.4. The summed E-state index contributed by atoms with van der Waals surface area (Å²) in [6.07, 6.45) is 5.61. The monoisotopic (exact) mass is 577 g/mol. The summed E-state index contributed by atoms with van der Waals surface area (Å²) in [7, 11) is 0. The zero-order valence-corrected chi connectivity index (χ0v) is 27.5. The predicted molar refractivity (Wildman–Crippen MR) is 182 cm³/mol. The van der Waals surface area contributed by atoms with Crippen LogP contribution in [0.1, 0.15) is 89.8 Å². The molecule has 5 nitrogen and oxygen atoms in total. The smallest absolute Gasteiger partial charge is 0.285 e. The summed E-state index contributed by atoms with van der Waals surface area (Å²) in [5.74, 6) is 0.354. The molecule has 0 spiro atoms. The lowest BCUT2D eigenvalue weighted by Crippen LogP contribution is -2.31. The van der Waals surface area contributed by atoms with Gasteiger partial charge in [-0.25, -0.2) is 0 Å². The third-order valence-corrected chi connectivity index (χ3v) is 7.55. The molecule has 0 heterocycles. The molecular formula is C37H59N3O2. The summed E-state index contributed by atoms with van der Waals surface area (Å²) in [5, 5.41) is 3.54. The molecule has 0 saturated carbocycles. The van der Waals surface area contributed by atoms with E-state index in [1.807, 2.05) is 25.1 Å². The van der Waals surface area contributed by atoms with Crippen LogP contribution in [-0.2, 0) is 9.59 Å². The quantitative estimate of drug-likeness (QED) is 0.139. The first kappa shape index (κ1) is 38.8. The molecule has 5 N–H and O–H groups in total. The number of nitrogens with one attached hydrogen (secondary N) is 1. The van der Waals surface area contributed by atoms with E-state index in [1.54, 1.807) is 0 Å². The van der Waals surface area contributed by atoms with Gasteiger partial charge in [-0.05, 0) is 76.0 Å². The minimum Gasteiger partial charge on any atom is -0.385 e. The van der Waals surface area contributed by atoms with Crippen LogP contribution in [0.2, 0.25) is 0 Å². The molecule has 0 radical (unpaired) electrons. The van der Waals surface area contributed by atoms with E-state index in [2.05, 4.69) is 96.4 Å². The standard InChI is InChI=1S/C21H33N.C9H18N2O2.C7H8/c1-8-19(13-21(15(2)3)16(4)5)14-22-18(7)20-11-9-10-17(6)12-20;1-2-3-4-7(5-6-10)8(12)9(11)13;1-7-5-3-2-4-6-7/h9-12,16,19,21-22H,2,7-8,13-14H2,1,3-6H3;7H,2-6,10H2,1H3,(H2,11,13);2-6H,1H3/t19-,21?;;/m0../s1. The van der Waals surface area contributed by atoms with Crippen molar-refractivity contribution >= 4 is 17.4 Å². The molecule has 0 aliphatic heterocycles. The molecular weight excluding hydrogens is 518 g/mol. The van der Waals surface area contributed by atoms with Gasteiger partial charge in [0.25, 0.3) is 5.91 Å². The maximum Gasteiger partial charge on any atom is 0.285 e. The van der Waals surface area contributed by atoms with Crippen molar-refractivity contribution in [3.8, 4) is 0 Å². The first-order chi connectivity index (χ1) is 19.9. The first-order valence-corrected chi connectivity index (χ1v) is 15.6. The zero-order valence-electron chi connectivity index (χ0n) is 27.5. The molecule has 234 valence electrons. The lowest BCUT2D eigenvalue weighted by atomic mass is 9.81. The van der Waals surface area contributed by atoms with Crippen LogP contribution < -0.4 is 16.8 Å². The lowest BCUT2D eigenvalue weighted by molar-refractivity contribution is -0.138. The number of carbonyl (C=O) groups excluding carboxylic acids is 2. The number of ketones is 1. The number of primary amides is 1. The maximum absolute atomic E-state index is 11.2. The van der Waals surface area contributed by atoms with Crippen LogP contribution in [-0.4, -0.2) is 24.8 Å². The highest BCUT2D eigenvalue weighted by Gasteiger charge is 2.21. The second kappa shape index (κ2) is 22.4. The summed E-state index contributed by atoms with van der Waals surface area (Å²) < 4.78 is 0. The summed E-state index contributed by atoms with van der Waals surface area (Å²) >= 11 is 0. The van der Waals surface area contributed by atoms with Crippen LogP contribution in [0.25, 0.3) is 5.70 Å². The van der Waals surface area contributed by atoms with Crippen molar-refractivity contribution in [2.24, 2.45) is 35.1 Å². The predicted octanol–water partition coefficient (Wildman–Crippen LogP) is 8.01. The molecule has 2 unspecified atom stereocenters. The minimum atomic E-state index is -0.838. The number of unbranched alkanes of at least 4 members (excludes halogenated alkanes) is 1. The van der Waals surface area contributed by atoms with Crippen molar-refractivity contribution in [2.75, 3.05) is 13.1 Å². The Labute approximate surface area is 257 Å². The van der Waals surface area contributed by atoms with Crippen molar-refractivity contribution in [3.05, 3.63) is 90.0 Å². The fourth-order valence-corrected chi connectivity index (χ4v) is 4.79. The first-order valence-electron chi connectivity index (χ1n) is 15.6. The van der Waals surface area contributed by atoms with Crippen molar-refractivity contribution in [3.63, 3.8) is 0 Å². The summed E-state index contributed by atoms with van der Waals surface area (Å²) in [6.45, 7) is 25.0. The number of benzene rings is 2. The molecule has 2 rings (SSSR count). The van der Waals surface area contributed by atoms with Gasteiger partial charge in [-0.15, -0.1) is 0 Å². The van der Waals surface area contributed by atoms with E-state index < -0.39 is 11.7 Å². The highest BCUT2D eigenvalue weighted by atomic mass is 16.2. The number of hydrogen-bond acceptors (Lipinski definition) is 4. The molecule has 0 fully saturated rings. The van der Waals surface area contributed by atoms with Gasteiger partial charge in [0, 0.05) is 18.2 Å². The Morgan fingerprint density at radius 3 is 1.98 bits per heavy atom. The molecule has 2 aromatic rings. The number of nitrogens with two attached hydrogens (primary N) is 2. The number of hydrogen-bond donors (Lipinski definition) is 3. The average molecular weight is 578 g/mol. The second-order valence-electron chi connectivity index (χ2n) is 11.7. The van der Waals surface area contributed by atoms with Crippen LogP contribution in [0.15, 0.2) is 73.3 Å². The maximum atomic E-state index is 11.2. The van der Waals surface area contributed by atoms with Gasteiger partial charge in [-0.1, -0.05) is 125 Å². The number of Topliss-reactive ketones (excluding diaryl/α,β-unsaturated/α-hetero) is 1. The number of allylic oxidation sites excluding steroid dienone is 1. The van der Waals surface area contributed by atoms with E-state index in [4.69, 9.17) is 11.5 Å². The van der Waals surface area contributed by atoms with E-state index >= 15 is 0 Å². The topological polar surface area (TPSA) is 98.2 Å². The summed E-state index contributed by atoms with van der Waals surface area (Å²) in [4.78, 5) is 21.8. The molecule has 0 aliphatic rings. The number of carbonyl (C=O) groups is 2. The van der Waals surface area contributed by atoms with Gasteiger partial charge < -0.3 is 16.8 Å². The van der Waals surface area contributed by atoms with Crippen molar-refractivity contribution in [1.29, 1.82) is 0 Å². The Bertz CT molecular complexity index is 1060. The Morgan fingerprint density at radius 1 is 0.929 bits per heavy atom. The van der Waals surface area contributed by atoms with Crippen LogP contribution in [0, 0.1) is 37.5 Å². The Morgan fingerprint density at radius 2 is 1.55 bits per heavy atom. The van der Waals surface area contributed by atoms with Gasteiger partial charge >= 0.3 is 0 Å². The van der Waals surface area contributed by atoms with Crippen LogP contribution in [0.5, 0.6) is 0 Å². The fourth-order valence-electron chi connectivity index (χ4n) is 4.79. The second-order valence-corrected chi connectivity index (χ2v) is 11.7. The number of amides is 1. The number of aryl methyl sites for hydroxylation is 2. The lowest BCUT2D eigenvalue weighted by Gasteiger charge is -2.27. The van der Waals surface area contributed by atoms with Gasteiger partial charge in [0.05, 0.1) is 0 Å². The Kier molecular flexibility index (Phi) is 20.7. The zero-order chi connectivity index (χ0) is 32.1. The molecule has 5 heteroatoms.